The summed E-state index contributed by atoms with van der Waals surface area (Å²) in [4.78, 5) is 6.86. The van der Waals surface area contributed by atoms with Crippen LogP contribution < -0.4 is 10.6 Å². The highest BCUT2D eigenvalue weighted by molar-refractivity contribution is 14.0. The Balaban J connectivity index is 0.00000264. The van der Waals surface area contributed by atoms with Gasteiger partial charge in [0.25, 0.3) is 0 Å². The molecule has 1 heterocycles. The normalized spacial score (nSPS) is 19.1. The largest absolute Gasteiger partial charge is 0.357 e. The van der Waals surface area contributed by atoms with Gasteiger partial charge in [-0.1, -0.05) is 18.2 Å². The quantitative estimate of drug-likeness (QED) is 0.426. The Hall–Kier alpha value is -0.890. The number of rotatable bonds is 5. The number of guanidine groups is 1. The van der Waals surface area contributed by atoms with Crippen LogP contribution in [-0.2, 0) is 6.54 Å². The topological polar surface area (TPSA) is 39.7 Å². The summed E-state index contributed by atoms with van der Waals surface area (Å²) in [5, 5.41) is 6.62. The van der Waals surface area contributed by atoms with Crippen LogP contribution in [0.2, 0.25) is 0 Å². The number of piperidine rings is 1. The van der Waals surface area contributed by atoms with E-state index < -0.39 is 0 Å². The predicted octanol–water partition coefficient (Wildman–Crippen LogP) is 2.84. The van der Waals surface area contributed by atoms with Crippen LogP contribution >= 0.6 is 24.0 Å². The summed E-state index contributed by atoms with van der Waals surface area (Å²) in [5.74, 6) is 1.21. The van der Waals surface area contributed by atoms with Gasteiger partial charge >= 0.3 is 0 Å². The molecule has 23 heavy (non-hydrogen) atoms. The molecule has 1 aliphatic rings. The van der Waals surface area contributed by atoms with E-state index in [9.17, 15) is 4.39 Å². The molecule has 0 bridgehead atoms. The summed E-state index contributed by atoms with van der Waals surface area (Å²) < 4.78 is 13.6. The monoisotopic (exact) mass is 434 g/mol. The van der Waals surface area contributed by atoms with Gasteiger partial charge in [0.15, 0.2) is 5.96 Å². The SMILES string of the molecule is CCNC(=NCc1ccccc1F)NCC1CCCN(C)C1.I. The Bertz CT molecular complexity index is 495. The molecule has 2 N–H and O–H groups in total. The van der Waals surface area contributed by atoms with Crippen LogP contribution in [0.15, 0.2) is 29.3 Å². The first-order chi connectivity index (χ1) is 10.7. The molecule has 1 aromatic rings. The third-order valence-electron chi connectivity index (χ3n) is 3.99. The zero-order valence-electron chi connectivity index (χ0n) is 14.0. The maximum atomic E-state index is 13.6. The fraction of sp³-hybridized carbons (Fsp3) is 0.588. The van der Waals surface area contributed by atoms with Crippen LogP contribution in [0.5, 0.6) is 0 Å². The van der Waals surface area contributed by atoms with Gasteiger partial charge in [0.1, 0.15) is 5.82 Å². The summed E-state index contributed by atoms with van der Waals surface area (Å²) >= 11 is 0. The molecule has 1 aliphatic heterocycles. The molecule has 1 fully saturated rings. The second-order valence-corrected chi connectivity index (χ2v) is 5.94. The number of halogens is 2. The maximum Gasteiger partial charge on any atom is 0.191 e. The Labute approximate surface area is 156 Å². The average molecular weight is 434 g/mol. The molecule has 0 radical (unpaired) electrons. The lowest BCUT2D eigenvalue weighted by molar-refractivity contribution is 0.210. The molecule has 1 saturated heterocycles. The molecule has 0 aliphatic carbocycles. The fourth-order valence-electron chi connectivity index (χ4n) is 2.81. The van der Waals surface area contributed by atoms with E-state index >= 15 is 0 Å². The lowest BCUT2D eigenvalue weighted by Crippen LogP contribution is -2.43. The molecule has 1 aromatic carbocycles. The van der Waals surface area contributed by atoms with Crippen molar-refractivity contribution >= 4 is 29.9 Å². The van der Waals surface area contributed by atoms with E-state index in [2.05, 4.69) is 27.6 Å². The number of nitrogens with one attached hydrogen (secondary N) is 2. The lowest BCUT2D eigenvalue weighted by atomic mass is 9.99. The predicted molar refractivity (Wildman–Crippen MR) is 105 cm³/mol. The van der Waals surface area contributed by atoms with E-state index in [1.807, 2.05) is 13.0 Å². The van der Waals surface area contributed by atoms with Gasteiger partial charge in [0.05, 0.1) is 6.54 Å². The van der Waals surface area contributed by atoms with Crippen molar-refractivity contribution in [3.8, 4) is 0 Å². The zero-order chi connectivity index (χ0) is 15.8. The highest BCUT2D eigenvalue weighted by Crippen LogP contribution is 2.13. The molecule has 1 atom stereocenters. The van der Waals surface area contributed by atoms with Gasteiger partial charge in [-0.25, -0.2) is 9.38 Å². The first-order valence-electron chi connectivity index (χ1n) is 8.13. The molecule has 130 valence electrons. The fourth-order valence-corrected chi connectivity index (χ4v) is 2.81. The van der Waals surface area contributed by atoms with Gasteiger partial charge in [-0.2, -0.15) is 0 Å². The van der Waals surface area contributed by atoms with Crippen LogP contribution in [0.25, 0.3) is 0 Å². The van der Waals surface area contributed by atoms with Crippen molar-refractivity contribution in [2.75, 3.05) is 33.2 Å². The number of nitrogens with zero attached hydrogens (tertiary/aromatic N) is 2. The minimum absolute atomic E-state index is 0. The summed E-state index contributed by atoms with van der Waals surface area (Å²) in [6, 6.07) is 6.79. The third-order valence-corrected chi connectivity index (χ3v) is 3.99. The highest BCUT2D eigenvalue weighted by atomic mass is 127. The smallest absolute Gasteiger partial charge is 0.191 e. The van der Waals surface area contributed by atoms with E-state index in [0.717, 1.165) is 25.6 Å². The minimum atomic E-state index is -0.198. The van der Waals surface area contributed by atoms with E-state index in [-0.39, 0.29) is 29.8 Å². The third kappa shape index (κ3) is 7.03. The number of hydrogen-bond donors (Lipinski definition) is 2. The highest BCUT2D eigenvalue weighted by Gasteiger charge is 2.17. The Morgan fingerprint density at radius 3 is 2.83 bits per heavy atom. The molecule has 0 amide bonds. The van der Waals surface area contributed by atoms with Gasteiger partial charge in [0.2, 0.25) is 0 Å². The van der Waals surface area contributed by atoms with Gasteiger partial charge in [-0.05, 0) is 45.3 Å². The van der Waals surface area contributed by atoms with E-state index in [1.54, 1.807) is 12.1 Å². The van der Waals surface area contributed by atoms with Crippen LogP contribution in [-0.4, -0.2) is 44.1 Å². The second-order valence-electron chi connectivity index (χ2n) is 5.94. The van der Waals surface area contributed by atoms with Crippen molar-refractivity contribution in [2.45, 2.75) is 26.3 Å². The maximum absolute atomic E-state index is 13.6. The molecule has 1 unspecified atom stereocenters. The van der Waals surface area contributed by atoms with Gasteiger partial charge in [0, 0.05) is 25.2 Å². The second kappa shape index (κ2) is 10.8. The van der Waals surface area contributed by atoms with Crippen molar-refractivity contribution in [1.82, 2.24) is 15.5 Å². The average Bonchev–Trinajstić information content (AvgIpc) is 2.51. The zero-order valence-corrected chi connectivity index (χ0v) is 16.3. The first-order valence-corrected chi connectivity index (χ1v) is 8.13. The van der Waals surface area contributed by atoms with Crippen LogP contribution in [0.1, 0.15) is 25.3 Å². The van der Waals surface area contributed by atoms with Gasteiger partial charge in [-0.15, -0.1) is 24.0 Å². The Kier molecular flexibility index (Phi) is 9.47. The Morgan fingerprint density at radius 2 is 2.13 bits per heavy atom. The van der Waals surface area contributed by atoms with Crippen molar-refractivity contribution in [3.63, 3.8) is 0 Å². The first kappa shape index (κ1) is 20.2. The lowest BCUT2D eigenvalue weighted by Gasteiger charge is -2.30. The number of likely N-dealkylation sites (tertiary alicyclic amines) is 1. The minimum Gasteiger partial charge on any atom is -0.357 e. The standard InChI is InChI=1S/C17H27FN4.HI/c1-3-19-17(20-11-14-7-6-10-22(2)13-14)21-12-15-8-4-5-9-16(15)18;/h4-5,8-9,14H,3,6-7,10-13H2,1-2H3,(H2,19,20,21);1H. The molecule has 6 heteroatoms. The molecule has 2 rings (SSSR count). The van der Waals surface area contributed by atoms with Crippen LogP contribution in [0.3, 0.4) is 0 Å². The summed E-state index contributed by atoms with van der Waals surface area (Å²) in [6.07, 6.45) is 2.51. The van der Waals surface area contributed by atoms with Gasteiger partial charge < -0.3 is 15.5 Å². The molecular formula is C17H28FIN4. The van der Waals surface area contributed by atoms with Crippen molar-refractivity contribution in [1.29, 1.82) is 0 Å². The molecule has 0 saturated carbocycles. The molecule has 4 nitrogen and oxygen atoms in total. The van der Waals surface area contributed by atoms with E-state index in [1.165, 1.54) is 25.5 Å². The van der Waals surface area contributed by atoms with Crippen molar-refractivity contribution in [3.05, 3.63) is 35.6 Å². The summed E-state index contributed by atoms with van der Waals surface area (Å²) in [6.45, 7) is 6.42. The van der Waals surface area contributed by atoms with Gasteiger partial charge in [-0.3, -0.25) is 0 Å². The molecule has 0 spiro atoms. The Morgan fingerprint density at radius 1 is 1.35 bits per heavy atom. The molecule has 0 aromatic heterocycles. The number of benzene rings is 1. The van der Waals surface area contributed by atoms with Crippen LogP contribution in [0.4, 0.5) is 4.39 Å². The van der Waals surface area contributed by atoms with E-state index in [0.29, 0.717) is 18.0 Å². The van der Waals surface area contributed by atoms with E-state index in [4.69, 9.17) is 0 Å². The van der Waals surface area contributed by atoms with Crippen molar-refractivity contribution in [2.24, 2.45) is 10.9 Å². The summed E-state index contributed by atoms with van der Waals surface area (Å²) in [5.41, 5.74) is 0.622. The number of hydrogen-bond acceptors (Lipinski definition) is 2. The van der Waals surface area contributed by atoms with Crippen LogP contribution in [0, 0.1) is 11.7 Å². The molecular weight excluding hydrogens is 406 g/mol. The summed E-state index contributed by atoms with van der Waals surface area (Å²) in [7, 11) is 2.17. The number of aliphatic imine (C=N–C) groups is 1. The van der Waals surface area contributed by atoms with Crippen molar-refractivity contribution < 1.29 is 4.39 Å².